The Balaban J connectivity index is 2.85. The van der Waals surface area contributed by atoms with Gasteiger partial charge in [0.05, 0.1) is 0 Å². The molecule has 1 aromatic heterocycles. The van der Waals surface area contributed by atoms with Gasteiger partial charge in [-0.3, -0.25) is 0 Å². The van der Waals surface area contributed by atoms with Crippen molar-refractivity contribution >= 4 is 19.1 Å². The predicted octanol–water partition coefficient (Wildman–Crippen LogP) is 1.04. The Morgan fingerprint density at radius 2 is 2.11 bits per heavy atom. The molecule has 0 saturated carbocycles. The zero-order valence-electron chi connectivity index (χ0n) is 5.70. The van der Waals surface area contributed by atoms with Gasteiger partial charge in [0.1, 0.15) is 0 Å². The number of hydrogen-bond donors (Lipinski definition) is 0. The molecule has 0 aliphatic heterocycles. The molecule has 9 heavy (non-hydrogen) atoms. The van der Waals surface area contributed by atoms with Crippen LogP contribution in [0.5, 0.6) is 0 Å². The first-order valence-electron chi connectivity index (χ1n) is 2.89. The maximum atomic E-state index is 4.24. The molecule has 0 atom stereocenters. The molecule has 1 aromatic rings. The van der Waals surface area contributed by atoms with Crippen molar-refractivity contribution in [2.45, 2.75) is 11.4 Å². The van der Waals surface area contributed by atoms with E-state index in [1.165, 1.54) is 4.48 Å². The Hall–Kier alpha value is -0.292. The Morgan fingerprint density at radius 3 is 2.44 bits per heavy atom. The van der Waals surface area contributed by atoms with E-state index in [4.69, 9.17) is 0 Å². The summed E-state index contributed by atoms with van der Waals surface area (Å²) in [5.41, 5.74) is 4.57. The molecule has 0 saturated heterocycles. The first-order chi connectivity index (χ1) is 4.30. The topological polar surface area (TPSA) is 12.9 Å². The van der Waals surface area contributed by atoms with Gasteiger partial charge in [0.15, 0.2) is 0 Å². The molecule has 0 aliphatic carbocycles. The van der Waals surface area contributed by atoms with Gasteiger partial charge in [0.2, 0.25) is 0 Å². The van der Waals surface area contributed by atoms with Crippen LogP contribution in [-0.2, 0) is 0 Å². The van der Waals surface area contributed by atoms with Crippen LogP contribution in [0.1, 0.15) is 0 Å². The Morgan fingerprint density at radius 1 is 1.33 bits per heavy atom. The quantitative estimate of drug-likeness (QED) is 0.593. The van der Waals surface area contributed by atoms with E-state index in [-0.39, 0.29) is 0 Å². The van der Waals surface area contributed by atoms with E-state index in [2.05, 4.69) is 28.5 Å². The van der Waals surface area contributed by atoms with Gasteiger partial charge in [0.25, 0.3) is 0 Å². The van der Waals surface area contributed by atoms with Crippen molar-refractivity contribution in [3.8, 4) is 0 Å². The van der Waals surface area contributed by atoms with Crippen LogP contribution in [0.3, 0.4) is 0 Å². The van der Waals surface area contributed by atoms with Gasteiger partial charge in [-0.15, -0.1) is 0 Å². The summed E-state index contributed by atoms with van der Waals surface area (Å²) < 4.78 is 1.31. The standard InChI is InChI=1S/C7H10AsN/c1-8(2)7-5-3-4-6-9-7/h3-6H,1-2H3. The second-order valence-electron chi connectivity index (χ2n) is 2.08. The van der Waals surface area contributed by atoms with E-state index in [1.54, 1.807) is 0 Å². The molecule has 0 aromatic carbocycles. The molecule has 0 spiro atoms. The SMILES string of the molecule is C[As](C)c1ccccn1. The number of pyridine rings is 1. The maximum absolute atomic E-state index is 4.24. The van der Waals surface area contributed by atoms with Crippen molar-refractivity contribution in [3.05, 3.63) is 24.4 Å². The molecular weight excluding hydrogens is 173 g/mol. The normalized spacial score (nSPS) is 10.1. The Bertz CT molecular complexity index is 172. The van der Waals surface area contributed by atoms with Gasteiger partial charge in [-0.1, -0.05) is 0 Å². The van der Waals surface area contributed by atoms with Crippen LogP contribution < -0.4 is 4.48 Å². The van der Waals surface area contributed by atoms with E-state index in [0.29, 0.717) is 0 Å². The Labute approximate surface area is 60.4 Å². The summed E-state index contributed by atoms with van der Waals surface area (Å²) in [5, 5.41) is 0. The number of aromatic nitrogens is 1. The third-order valence-electron chi connectivity index (χ3n) is 1.11. The monoisotopic (exact) mass is 183 g/mol. The van der Waals surface area contributed by atoms with Gasteiger partial charge in [-0.25, -0.2) is 0 Å². The molecule has 0 radical (unpaired) electrons. The summed E-state index contributed by atoms with van der Waals surface area (Å²) in [6.45, 7) is 0. The summed E-state index contributed by atoms with van der Waals surface area (Å²) in [4.78, 5) is 4.24. The predicted molar refractivity (Wildman–Crippen MR) is 41.4 cm³/mol. The van der Waals surface area contributed by atoms with Crippen molar-refractivity contribution in [1.82, 2.24) is 4.98 Å². The molecule has 0 unspecified atom stereocenters. The minimum atomic E-state index is -0.699. The fourth-order valence-corrected chi connectivity index (χ4v) is 2.05. The fourth-order valence-electron chi connectivity index (χ4n) is 0.618. The van der Waals surface area contributed by atoms with Crippen LogP contribution in [-0.4, -0.2) is 19.6 Å². The average Bonchev–Trinajstić information content (AvgIpc) is 1.90. The number of hydrogen-bond acceptors (Lipinski definition) is 1. The third kappa shape index (κ3) is 1.83. The molecule has 1 heterocycles. The molecule has 0 N–H and O–H groups in total. The van der Waals surface area contributed by atoms with Crippen LogP contribution in [0, 0.1) is 0 Å². The van der Waals surface area contributed by atoms with Gasteiger partial charge < -0.3 is 0 Å². The molecular formula is C7H10AsN. The summed E-state index contributed by atoms with van der Waals surface area (Å²) in [5.74, 6) is 0. The van der Waals surface area contributed by atoms with Crippen LogP contribution in [0.15, 0.2) is 24.4 Å². The molecule has 48 valence electrons. The van der Waals surface area contributed by atoms with Crippen LogP contribution in [0.25, 0.3) is 0 Å². The van der Waals surface area contributed by atoms with Gasteiger partial charge in [-0.2, -0.15) is 0 Å². The van der Waals surface area contributed by atoms with E-state index in [9.17, 15) is 0 Å². The molecule has 0 bridgehead atoms. The third-order valence-corrected chi connectivity index (χ3v) is 3.59. The zero-order chi connectivity index (χ0) is 6.69. The van der Waals surface area contributed by atoms with Gasteiger partial charge >= 0.3 is 59.9 Å². The van der Waals surface area contributed by atoms with Crippen molar-refractivity contribution in [1.29, 1.82) is 0 Å². The molecule has 0 aliphatic rings. The number of nitrogens with zero attached hydrogens (tertiary/aromatic N) is 1. The summed E-state index contributed by atoms with van der Waals surface area (Å²) >= 11 is -0.699. The first-order valence-corrected chi connectivity index (χ1v) is 7.58. The van der Waals surface area contributed by atoms with Gasteiger partial charge in [-0.05, 0) is 0 Å². The average molecular weight is 183 g/mol. The van der Waals surface area contributed by atoms with Crippen molar-refractivity contribution in [2.24, 2.45) is 0 Å². The second-order valence-corrected chi connectivity index (χ2v) is 6.80. The molecule has 1 nitrogen and oxygen atoms in total. The van der Waals surface area contributed by atoms with Gasteiger partial charge in [0, 0.05) is 0 Å². The van der Waals surface area contributed by atoms with E-state index < -0.39 is 14.7 Å². The first kappa shape index (κ1) is 6.82. The van der Waals surface area contributed by atoms with Crippen LogP contribution in [0.4, 0.5) is 0 Å². The zero-order valence-corrected chi connectivity index (χ0v) is 7.58. The second kappa shape index (κ2) is 3.03. The van der Waals surface area contributed by atoms with E-state index >= 15 is 0 Å². The molecule has 0 fully saturated rings. The summed E-state index contributed by atoms with van der Waals surface area (Å²) in [6, 6.07) is 6.12. The molecule has 2 heteroatoms. The molecule has 1 rings (SSSR count). The number of rotatable bonds is 1. The van der Waals surface area contributed by atoms with E-state index in [0.717, 1.165) is 0 Å². The van der Waals surface area contributed by atoms with E-state index in [1.807, 2.05) is 12.3 Å². The minimum absolute atomic E-state index is 0.699. The summed E-state index contributed by atoms with van der Waals surface area (Å²) in [6.07, 6.45) is 1.87. The fraction of sp³-hybridized carbons (Fsp3) is 0.286. The van der Waals surface area contributed by atoms with Crippen LogP contribution in [0.2, 0.25) is 11.4 Å². The van der Waals surface area contributed by atoms with Crippen LogP contribution >= 0.6 is 0 Å². The summed E-state index contributed by atoms with van der Waals surface area (Å²) in [7, 11) is 0. The molecule has 0 amide bonds. The van der Waals surface area contributed by atoms with Crippen molar-refractivity contribution in [3.63, 3.8) is 0 Å². The van der Waals surface area contributed by atoms with Crippen molar-refractivity contribution < 1.29 is 0 Å². The van der Waals surface area contributed by atoms with Crippen molar-refractivity contribution in [2.75, 3.05) is 0 Å². The Kier molecular flexibility index (Phi) is 2.29.